The molecule has 0 spiro atoms. The molecule has 4 heteroatoms. The van der Waals surface area contributed by atoms with Crippen LogP contribution in [0.1, 0.15) is 53.5 Å². The predicted octanol–water partition coefficient (Wildman–Crippen LogP) is 8.20. The van der Waals surface area contributed by atoms with Gasteiger partial charge in [-0.3, -0.25) is 0 Å². The van der Waals surface area contributed by atoms with Gasteiger partial charge in [0.15, 0.2) is 11.5 Å². The number of benzene rings is 3. The number of ether oxygens (including phenoxy) is 2. The third kappa shape index (κ3) is 4.72. The predicted molar refractivity (Wildman–Crippen MR) is 145 cm³/mol. The highest BCUT2D eigenvalue weighted by Gasteiger charge is 2.39. The third-order valence-corrected chi connectivity index (χ3v) is 9.26. The zero-order valence-electron chi connectivity index (χ0n) is 21.0. The zero-order chi connectivity index (χ0) is 24.6. The van der Waals surface area contributed by atoms with Gasteiger partial charge in [0.1, 0.15) is 22.1 Å². The summed E-state index contributed by atoms with van der Waals surface area (Å²) in [6.45, 7) is 8.35. The van der Waals surface area contributed by atoms with Gasteiger partial charge in [0.2, 0.25) is 0 Å². The highest BCUT2D eigenvalue weighted by molar-refractivity contribution is 7.37. The molecule has 35 heavy (non-hydrogen) atoms. The maximum atomic E-state index is 13.0. The number of aryl methyl sites for hydroxylation is 4. The van der Waals surface area contributed by atoms with Crippen LogP contribution >= 0.6 is 10.5 Å². The normalized spacial score (nSPS) is 14.9. The first-order valence-electron chi connectivity index (χ1n) is 12.4. The highest BCUT2D eigenvalue weighted by atomic mass is 32.2. The number of hydrogen-bond donors (Lipinski definition) is 0. The van der Waals surface area contributed by atoms with E-state index in [1.807, 2.05) is 12.1 Å². The van der Waals surface area contributed by atoms with E-state index < -0.39 is 5.60 Å². The molecule has 0 N–H and O–H groups in total. The SMILES string of the molecule is Cc1c[s+](-c2cc(C)c(OCC(=O)OC3(c4ccc5ccccc5c4)CCCC3)c(C)c2)cc1C. The fourth-order valence-electron chi connectivity index (χ4n) is 5.26. The van der Waals surface area contributed by atoms with E-state index in [9.17, 15) is 4.79 Å². The molecule has 1 saturated carbocycles. The lowest BCUT2D eigenvalue weighted by Gasteiger charge is -2.30. The minimum atomic E-state index is -0.559. The van der Waals surface area contributed by atoms with E-state index in [-0.39, 0.29) is 23.0 Å². The van der Waals surface area contributed by atoms with Crippen molar-refractivity contribution in [3.05, 3.63) is 93.2 Å². The van der Waals surface area contributed by atoms with E-state index in [1.165, 1.54) is 26.8 Å². The first-order chi connectivity index (χ1) is 16.8. The molecule has 0 amide bonds. The average Bonchev–Trinajstić information content (AvgIpc) is 3.45. The number of rotatable bonds is 6. The molecular formula is C31H33O3S+. The quantitative estimate of drug-likeness (QED) is 0.204. The summed E-state index contributed by atoms with van der Waals surface area (Å²) in [5.41, 5.74) is 5.32. The number of hydrogen-bond acceptors (Lipinski definition) is 3. The topological polar surface area (TPSA) is 35.5 Å². The summed E-state index contributed by atoms with van der Waals surface area (Å²) in [6, 6.07) is 19.1. The van der Waals surface area contributed by atoms with Crippen molar-refractivity contribution >= 4 is 27.2 Å². The first kappa shape index (κ1) is 23.6. The second kappa shape index (κ2) is 9.50. The minimum absolute atomic E-state index is 0.00412. The van der Waals surface area contributed by atoms with Crippen LogP contribution in [0.5, 0.6) is 5.75 Å². The molecule has 1 aliphatic rings. The molecule has 0 atom stereocenters. The molecule has 0 saturated heterocycles. The van der Waals surface area contributed by atoms with Gasteiger partial charge in [-0.15, -0.1) is 0 Å². The summed E-state index contributed by atoms with van der Waals surface area (Å²) in [5, 5.41) is 7.03. The average molecular weight is 486 g/mol. The zero-order valence-corrected chi connectivity index (χ0v) is 21.8. The highest BCUT2D eigenvalue weighted by Crippen LogP contribution is 2.43. The number of carbonyl (C=O) groups is 1. The Morgan fingerprint density at radius 1 is 0.829 bits per heavy atom. The van der Waals surface area contributed by atoms with Crippen LogP contribution in [0.15, 0.2) is 65.4 Å². The Morgan fingerprint density at radius 3 is 2.11 bits per heavy atom. The van der Waals surface area contributed by atoms with Crippen LogP contribution in [0, 0.1) is 27.7 Å². The monoisotopic (exact) mass is 485 g/mol. The van der Waals surface area contributed by atoms with Crippen LogP contribution < -0.4 is 4.74 Å². The van der Waals surface area contributed by atoms with E-state index >= 15 is 0 Å². The van der Waals surface area contributed by atoms with E-state index in [1.54, 1.807) is 0 Å². The molecule has 180 valence electrons. The Bertz CT molecular complexity index is 1350. The molecule has 1 aliphatic carbocycles. The largest absolute Gasteiger partial charge is 0.481 e. The maximum absolute atomic E-state index is 13.0. The van der Waals surface area contributed by atoms with Gasteiger partial charge in [-0.2, -0.15) is 0 Å². The molecule has 3 aromatic carbocycles. The van der Waals surface area contributed by atoms with Gasteiger partial charge in [-0.05, 0) is 86.9 Å². The summed E-state index contributed by atoms with van der Waals surface area (Å²) < 4.78 is 12.2. The number of esters is 1. The number of fused-ring (bicyclic) bond motifs is 1. The third-order valence-electron chi connectivity index (χ3n) is 7.27. The number of carbonyl (C=O) groups excluding carboxylic acids is 1. The second-order valence-electron chi connectivity index (χ2n) is 9.89. The molecule has 1 fully saturated rings. The molecule has 4 aromatic rings. The van der Waals surface area contributed by atoms with E-state index in [0.29, 0.717) is 0 Å². The van der Waals surface area contributed by atoms with Crippen molar-refractivity contribution in [2.24, 2.45) is 0 Å². The van der Waals surface area contributed by atoms with Crippen LogP contribution in [0.2, 0.25) is 0 Å². The molecule has 0 aliphatic heterocycles. The van der Waals surface area contributed by atoms with E-state index in [4.69, 9.17) is 9.47 Å². The van der Waals surface area contributed by atoms with Gasteiger partial charge in [-0.1, -0.05) is 36.4 Å². The minimum Gasteiger partial charge on any atom is -0.481 e. The molecule has 1 heterocycles. The van der Waals surface area contributed by atoms with Gasteiger partial charge < -0.3 is 9.47 Å². The fourth-order valence-corrected chi connectivity index (χ4v) is 7.36. The smallest absolute Gasteiger partial charge is 0.345 e. The summed E-state index contributed by atoms with van der Waals surface area (Å²) in [4.78, 5) is 14.3. The Balaban J connectivity index is 1.32. The summed E-state index contributed by atoms with van der Waals surface area (Å²) in [5.74, 6) is 0.471. The van der Waals surface area contributed by atoms with Crippen LogP contribution in [-0.2, 0) is 15.1 Å². The molecule has 3 nitrogen and oxygen atoms in total. The lowest BCUT2D eigenvalue weighted by atomic mass is 9.90. The lowest BCUT2D eigenvalue weighted by molar-refractivity contribution is -0.163. The standard InChI is InChI=1S/C31H33O3S/c1-21-15-28(35-19-23(3)24(4)20-35)16-22(2)30(21)33-18-29(32)34-31(13-7-8-14-31)27-12-11-25-9-5-6-10-26(25)17-27/h5-6,9-12,15-17,19-20H,7-8,13-14,18H2,1-4H3/q+1. The van der Waals surface area contributed by atoms with Crippen molar-refractivity contribution in [2.45, 2.75) is 59.0 Å². The Morgan fingerprint density at radius 2 is 1.46 bits per heavy atom. The Kier molecular flexibility index (Phi) is 6.41. The van der Waals surface area contributed by atoms with E-state index in [2.05, 4.69) is 80.9 Å². The summed E-state index contributed by atoms with van der Waals surface area (Å²) in [7, 11) is -0.00412. The number of thiophene rings is 1. The molecule has 0 unspecified atom stereocenters. The van der Waals surface area contributed by atoms with Gasteiger partial charge in [0.05, 0.1) is 0 Å². The van der Waals surface area contributed by atoms with Crippen molar-refractivity contribution in [1.82, 2.24) is 0 Å². The molecule has 1 aromatic heterocycles. The van der Waals surface area contributed by atoms with Crippen LogP contribution in [-0.4, -0.2) is 12.6 Å². The van der Waals surface area contributed by atoms with Gasteiger partial charge in [0.25, 0.3) is 0 Å². The van der Waals surface area contributed by atoms with E-state index in [0.717, 1.165) is 48.1 Å². The van der Waals surface area contributed by atoms with Crippen LogP contribution in [0.4, 0.5) is 0 Å². The van der Waals surface area contributed by atoms with Gasteiger partial charge in [-0.25, -0.2) is 4.79 Å². The van der Waals surface area contributed by atoms with Gasteiger partial charge in [0, 0.05) is 33.7 Å². The van der Waals surface area contributed by atoms with Crippen molar-refractivity contribution in [3.8, 4) is 10.6 Å². The summed E-state index contributed by atoms with van der Waals surface area (Å²) in [6.07, 6.45) is 3.83. The van der Waals surface area contributed by atoms with Crippen molar-refractivity contribution in [1.29, 1.82) is 0 Å². The molecule has 0 radical (unpaired) electrons. The Labute approximate surface area is 210 Å². The maximum Gasteiger partial charge on any atom is 0.345 e. The molecule has 5 rings (SSSR count). The molecular weight excluding hydrogens is 452 g/mol. The van der Waals surface area contributed by atoms with Crippen molar-refractivity contribution in [2.75, 3.05) is 6.61 Å². The van der Waals surface area contributed by atoms with Gasteiger partial charge >= 0.3 is 5.97 Å². The lowest BCUT2D eigenvalue weighted by Crippen LogP contribution is -2.32. The van der Waals surface area contributed by atoms with Crippen molar-refractivity contribution in [3.63, 3.8) is 0 Å². The van der Waals surface area contributed by atoms with Crippen molar-refractivity contribution < 1.29 is 14.3 Å². The summed E-state index contributed by atoms with van der Waals surface area (Å²) >= 11 is 0. The first-order valence-corrected chi connectivity index (χ1v) is 13.7. The van der Waals surface area contributed by atoms with Crippen LogP contribution in [0.3, 0.4) is 0 Å². The Hall–Kier alpha value is -3.11. The fraction of sp³-hybridized carbons (Fsp3) is 0.323. The second-order valence-corrected chi connectivity index (χ2v) is 11.6. The molecule has 0 bridgehead atoms. The van der Waals surface area contributed by atoms with Crippen LogP contribution in [0.25, 0.3) is 15.7 Å².